The Kier molecular flexibility index (Phi) is 4.77. The molecule has 0 saturated carbocycles. The van der Waals surface area contributed by atoms with Crippen LogP contribution in [0.2, 0.25) is 0 Å². The molecule has 1 N–H and O–H groups in total. The van der Waals surface area contributed by atoms with Gasteiger partial charge in [0.15, 0.2) is 4.80 Å². The highest BCUT2D eigenvalue weighted by Gasteiger charge is 2.33. The molecule has 1 amide bonds. The van der Waals surface area contributed by atoms with E-state index >= 15 is 0 Å². The molecule has 2 heterocycles. The van der Waals surface area contributed by atoms with E-state index in [0.717, 1.165) is 22.2 Å². The van der Waals surface area contributed by atoms with Crippen LogP contribution in [0.25, 0.3) is 10.8 Å². The van der Waals surface area contributed by atoms with E-state index in [-0.39, 0.29) is 18.5 Å². The Morgan fingerprint density at radius 1 is 1.03 bits per heavy atom. The van der Waals surface area contributed by atoms with Gasteiger partial charge in [0.25, 0.3) is 5.91 Å². The molecule has 1 aliphatic rings. The molecule has 5 rings (SSSR count). The van der Waals surface area contributed by atoms with E-state index in [1.54, 1.807) is 15.8 Å². The summed E-state index contributed by atoms with van der Waals surface area (Å²) < 4.78 is 1.65. The third-order valence-corrected chi connectivity index (χ3v) is 6.14. The normalized spacial score (nSPS) is 16.1. The first-order valence-electron chi connectivity index (χ1n) is 9.81. The molecule has 1 aliphatic heterocycles. The number of nitrogens with one attached hydrogen (secondary N) is 1. The molecule has 0 unspecified atom stereocenters. The van der Waals surface area contributed by atoms with Gasteiger partial charge in [0.1, 0.15) is 6.54 Å². The molecular formula is C24H20N4OS. The van der Waals surface area contributed by atoms with Crippen molar-refractivity contribution in [1.29, 1.82) is 5.41 Å². The second-order valence-electron chi connectivity index (χ2n) is 7.31. The second-order valence-corrected chi connectivity index (χ2v) is 8.21. The smallest absolute Gasteiger partial charge is 0.263 e. The molecule has 6 heteroatoms. The average molecular weight is 413 g/mol. The van der Waals surface area contributed by atoms with Gasteiger partial charge in [0.05, 0.1) is 11.8 Å². The fourth-order valence-electron chi connectivity index (χ4n) is 3.86. The summed E-state index contributed by atoms with van der Waals surface area (Å²) in [6.45, 7) is 0.111. The van der Waals surface area contributed by atoms with Gasteiger partial charge < -0.3 is 4.57 Å². The minimum absolute atomic E-state index is 0.111. The largest absolute Gasteiger partial charge is 0.315 e. The molecule has 0 bridgehead atoms. The van der Waals surface area contributed by atoms with Crippen LogP contribution in [0.3, 0.4) is 0 Å². The van der Waals surface area contributed by atoms with E-state index in [9.17, 15) is 4.79 Å². The molecule has 148 valence electrons. The quantitative estimate of drug-likeness (QED) is 0.525. The number of hydrogen-bond acceptors (Lipinski definition) is 4. The first-order valence-corrected chi connectivity index (χ1v) is 10.7. The van der Waals surface area contributed by atoms with Crippen LogP contribution in [-0.4, -0.2) is 21.2 Å². The van der Waals surface area contributed by atoms with Crippen LogP contribution in [0.5, 0.6) is 0 Å². The monoisotopic (exact) mass is 412 g/mol. The molecular weight excluding hydrogens is 392 g/mol. The van der Waals surface area contributed by atoms with Crippen LogP contribution in [-0.2, 0) is 11.3 Å². The summed E-state index contributed by atoms with van der Waals surface area (Å²) in [6.07, 6.45) is 2.43. The van der Waals surface area contributed by atoms with Crippen molar-refractivity contribution >= 4 is 33.7 Å². The van der Waals surface area contributed by atoms with Crippen molar-refractivity contribution in [2.24, 2.45) is 5.10 Å². The van der Waals surface area contributed by atoms with E-state index < -0.39 is 0 Å². The first-order chi connectivity index (χ1) is 14.7. The molecule has 0 radical (unpaired) electrons. The third kappa shape index (κ3) is 3.46. The summed E-state index contributed by atoms with van der Waals surface area (Å²) in [6, 6.07) is 24.4. The van der Waals surface area contributed by atoms with Crippen molar-refractivity contribution < 1.29 is 4.79 Å². The lowest BCUT2D eigenvalue weighted by Crippen LogP contribution is -2.32. The maximum atomic E-state index is 13.2. The fraction of sp³-hybridized carbons (Fsp3) is 0.125. The molecule has 1 aromatic heterocycles. The zero-order valence-electron chi connectivity index (χ0n) is 16.2. The number of thiazole rings is 1. The Hall–Kier alpha value is -3.51. The molecule has 3 aromatic carbocycles. The van der Waals surface area contributed by atoms with Crippen LogP contribution >= 0.6 is 11.3 Å². The van der Waals surface area contributed by atoms with E-state index in [1.807, 2.05) is 47.8 Å². The number of carbonyl (C=O) groups is 1. The predicted octanol–water partition coefficient (Wildman–Crippen LogP) is 4.56. The topological polar surface area (TPSA) is 61.5 Å². The maximum absolute atomic E-state index is 13.2. The summed E-state index contributed by atoms with van der Waals surface area (Å²) >= 11 is 1.31. The number of hydrazone groups is 1. The Bertz CT molecular complexity index is 1310. The van der Waals surface area contributed by atoms with E-state index in [1.165, 1.54) is 16.7 Å². The minimum Gasteiger partial charge on any atom is -0.315 e. The number of nitrogens with zero attached hydrogens (tertiary/aromatic N) is 3. The van der Waals surface area contributed by atoms with Gasteiger partial charge in [-0.2, -0.15) is 5.10 Å². The summed E-state index contributed by atoms with van der Waals surface area (Å²) in [5.41, 5.74) is 3.01. The van der Waals surface area contributed by atoms with Crippen molar-refractivity contribution in [3.63, 3.8) is 0 Å². The van der Waals surface area contributed by atoms with Gasteiger partial charge in [-0.05, 0) is 28.0 Å². The first kappa shape index (κ1) is 18.5. The molecule has 0 spiro atoms. The number of benzene rings is 3. The number of fused-ring (bicyclic) bond motifs is 1. The van der Waals surface area contributed by atoms with E-state index in [0.29, 0.717) is 11.2 Å². The van der Waals surface area contributed by atoms with Crippen molar-refractivity contribution in [1.82, 2.24) is 9.58 Å². The molecule has 4 aromatic rings. The van der Waals surface area contributed by atoms with Gasteiger partial charge in [0, 0.05) is 18.0 Å². The van der Waals surface area contributed by atoms with Crippen LogP contribution in [0.4, 0.5) is 0 Å². The number of amides is 1. The summed E-state index contributed by atoms with van der Waals surface area (Å²) in [7, 11) is 0. The lowest BCUT2D eigenvalue weighted by molar-refractivity contribution is -0.133. The summed E-state index contributed by atoms with van der Waals surface area (Å²) in [5.74, 6) is -0.114. The lowest BCUT2D eigenvalue weighted by atomic mass is 9.97. The number of hydrogen-bond donors (Lipinski definition) is 1. The molecule has 5 nitrogen and oxygen atoms in total. The van der Waals surface area contributed by atoms with Crippen LogP contribution in [0.1, 0.15) is 23.6 Å². The summed E-state index contributed by atoms with van der Waals surface area (Å²) in [4.78, 5) is 13.5. The van der Waals surface area contributed by atoms with Crippen LogP contribution in [0, 0.1) is 5.41 Å². The Morgan fingerprint density at radius 2 is 1.80 bits per heavy atom. The van der Waals surface area contributed by atoms with Crippen molar-refractivity contribution in [2.75, 3.05) is 0 Å². The highest BCUT2D eigenvalue weighted by Crippen LogP contribution is 2.33. The molecule has 30 heavy (non-hydrogen) atoms. The lowest BCUT2D eigenvalue weighted by Gasteiger charge is -2.22. The SMILES string of the molecule is N=c1sccn1CC(=O)N1N=C(c2ccc3ccccc3c2)C[C@@H]1c1ccccc1. The van der Waals surface area contributed by atoms with Crippen LogP contribution < -0.4 is 4.80 Å². The number of aromatic nitrogens is 1. The Balaban J connectivity index is 1.51. The third-order valence-electron chi connectivity index (χ3n) is 5.42. The Labute approximate surface area is 178 Å². The van der Waals surface area contributed by atoms with Gasteiger partial charge in [-0.25, -0.2) is 5.01 Å². The standard InChI is InChI=1S/C24H20N4OS/c25-24-27(12-13-30-24)16-23(29)28-22(18-7-2-1-3-8-18)15-21(26-28)20-11-10-17-6-4-5-9-19(17)14-20/h1-14,22,25H,15-16H2/t22-/m1/s1. The van der Waals surface area contributed by atoms with Gasteiger partial charge in [-0.1, -0.05) is 66.7 Å². The molecule has 1 atom stereocenters. The minimum atomic E-state index is -0.145. The van der Waals surface area contributed by atoms with Gasteiger partial charge >= 0.3 is 0 Å². The molecule has 0 fully saturated rings. The number of rotatable bonds is 4. The van der Waals surface area contributed by atoms with Gasteiger partial charge in [-0.3, -0.25) is 10.2 Å². The van der Waals surface area contributed by atoms with Crippen molar-refractivity contribution in [3.05, 3.63) is 100 Å². The highest BCUT2D eigenvalue weighted by atomic mass is 32.1. The molecule has 0 saturated heterocycles. The van der Waals surface area contributed by atoms with Crippen molar-refractivity contribution in [3.8, 4) is 0 Å². The summed E-state index contributed by atoms with van der Waals surface area (Å²) in [5, 5.41) is 18.5. The van der Waals surface area contributed by atoms with Gasteiger partial charge in [0.2, 0.25) is 0 Å². The second kappa shape index (κ2) is 7.72. The van der Waals surface area contributed by atoms with E-state index in [4.69, 9.17) is 10.5 Å². The number of carbonyl (C=O) groups excluding carboxylic acids is 1. The van der Waals surface area contributed by atoms with Crippen molar-refractivity contribution in [2.45, 2.75) is 19.0 Å². The molecule has 0 aliphatic carbocycles. The Morgan fingerprint density at radius 3 is 2.57 bits per heavy atom. The zero-order valence-corrected chi connectivity index (χ0v) is 17.0. The maximum Gasteiger partial charge on any atom is 0.263 e. The van der Waals surface area contributed by atoms with E-state index in [2.05, 4.69) is 30.3 Å². The van der Waals surface area contributed by atoms with Gasteiger partial charge in [-0.15, -0.1) is 11.3 Å². The van der Waals surface area contributed by atoms with Crippen LogP contribution in [0.15, 0.2) is 89.5 Å². The fourth-order valence-corrected chi connectivity index (χ4v) is 4.46. The zero-order chi connectivity index (χ0) is 20.5. The average Bonchev–Trinajstić information content (AvgIpc) is 3.41. The predicted molar refractivity (Wildman–Crippen MR) is 119 cm³/mol. The highest BCUT2D eigenvalue weighted by molar-refractivity contribution is 7.06.